The largest absolute Gasteiger partial charge is 0.508 e. The number of fused-ring (bicyclic) bond motifs is 6. The molecule has 0 spiro atoms. The smallest absolute Gasteiger partial charge is 0.133 e. The van der Waals surface area contributed by atoms with Crippen molar-refractivity contribution in [1.29, 1.82) is 0 Å². The lowest BCUT2D eigenvalue weighted by atomic mass is 9.98. The summed E-state index contributed by atoms with van der Waals surface area (Å²) < 4.78 is 0. The first-order valence-corrected chi connectivity index (χ1v) is 10.5. The van der Waals surface area contributed by atoms with Crippen LogP contribution in [0.1, 0.15) is 12.8 Å². The van der Waals surface area contributed by atoms with Crippen molar-refractivity contribution >= 4 is 38.6 Å². The third-order valence-electron chi connectivity index (χ3n) is 6.18. The zero-order valence-corrected chi connectivity index (χ0v) is 16.5. The van der Waals surface area contributed by atoms with Gasteiger partial charge in [0.05, 0.1) is 11.4 Å². The van der Waals surface area contributed by atoms with E-state index in [1.54, 1.807) is 0 Å². The van der Waals surface area contributed by atoms with Crippen LogP contribution in [0, 0.1) is 0 Å². The molecule has 2 N–H and O–H groups in total. The van der Waals surface area contributed by atoms with Crippen molar-refractivity contribution in [2.45, 2.75) is 19.0 Å². The standard InChI is InChI=1S/C27H22N2O/c30-24-17-9-8-16-23(24)27-28-25-21-14-6-4-12-19(21)20-13-5-7-15-22(20)26(25)29(27)18-10-2-1-3-11-18/h1-7,10-17,27-28,30H,8-9H2. The van der Waals surface area contributed by atoms with Crippen LogP contribution in [0.25, 0.3) is 21.5 Å². The summed E-state index contributed by atoms with van der Waals surface area (Å²) in [5, 5.41) is 19.4. The lowest BCUT2D eigenvalue weighted by Crippen LogP contribution is -2.35. The highest BCUT2D eigenvalue weighted by atomic mass is 16.3. The maximum Gasteiger partial charge on any atom is 0.133 e. The Morgan fingerprint density at radius 2 is 1.30 bits per heavy atom. The van der Waals surface area contributed by atoms with Crippen molar-refractivity contribution in [2.75, 3.05) is 10.2 Å². The number of aliphatic hydroxyl groups excluding tert-OH is 1. The van der Waals surface area contributed by atoms with E-state index in [-0.39, 0.29) is 6.17 Å². The topological polar surface area (TPSA) is 35.5 Å². The Bertz CT molecular complexity index is 1340. The van der Waals surface area contributed by atoms with Crippen LogP contribution >= 0.6 is 0 Å². The Kier molecular flexibility index (Phi) is 3.81. The number of allylic oxidation sites excluding steroid dienone is 2. The summed E-state index contributed by atoms with van der Waals surface area (Å²) in [6, 6.07) is 27.6. The second-order valence-corrected chi connectivity index (χ2v) is 7.89. The Labute approximate surface area is 175 Å². The summed E-state index contributed by atoms with van der Waals surface area (Å²) >= 11 is 0. The molecule has 0 fully saturated rings. The summed E-state index contributed by atoms with van der Waals surface area (Å²) in [5.41, 5.74) is 4.33. The number of benzene rings is 4. The molecule has 4 aromatic carbocycles. The fourth-order valence-corrected chi connectivity index (χ4v) is 4.87. The SMILES string of the molecule is OC1=CCCC=C1C1Nc2c(c3ccccc3c3ccccc23)N1c1ccccc1. The number of hydrogen-bond acceptors (Lipinski definition) is 3. The fraction of sp³-hybridized carbons (Fsp3) is 0.111. The molecule has 2 aliphatic rings. The highest BCUT2D eigenvalue weighted by Gasteiger charge is 2.36. The minimum absolute atomic E-state index is 0.159. The number of anilines is 3. The molecule has 0 saturated heterocycles. The molecular formula is C27H22N2O. The van der Waals surface area contributed by atoms with E-state index in [9.17, 15) is 5.11 Å². The molecule has 1 aliphatic carbocycles. The molecule has 30 heavy (non-hydrogen) atoms. The molecule has 1 heterocycles. The van der Waals surface area contributed by atoms with Gasteiger partial charge in [0.15, 0.2) is 0 Å². The summed E-state index contributed by atoms with van der Waals surface area (Å²) in [7, 11) is 0. The molecule has 3 nitrogen and oxygen atoms in total. The lowest BCUT2D eigenvalue weighted by molar-refractivity contribution is 0.410. The number of aliphatic hydroxyl groups is 1. The van der Waals surface area contributed by atoms with Crippen LogP contribution in [0.5, 0.6) is 0 Å². The fourth-order valence-electron chi connectivity index (χ4n) is 4.87. The van der Waals surface area contributed by atoms with Crippen LogP contribution in [0.15, 0.2) is 102 Å². The summed E-state index contributed by atoms with van der Waals surface area (Å²) in [5.74, 6) is 0.376. The van der Waals surface area contributed by atoms with Gasteiger partial charge in [-0.1, -0.05) is 72.8 Å². The molecule has 0 aromatic heterocycles. The molecule has 0 amide bonds. The lowest BCUT2D eigenvalue weighted by Gasteiger charge is -2.30. The van der Waals surface area contributed by atoms with Crippen molar-refractivity contribution in [3.63, 3.8) is 0 Å². The van der Waals surface area contributed by atoms with E-state index in [4.69, 9.17) is 0 Å². The monoisotopic (exact) mass is 390 g/mol. The molecule has 0 saturated carbocycles. The van der Waals surface area contributed by atoms with Crippen molar-refractivity contribution in [3.05, 3.63) is 102 Å². The summed E-state index contributed by atoms with van der Waals surface area (Å²) in [4.78, 5) is 2.34. The van der Waals surface area contributed by atoms with Crippen LogP contribution < -0.4 is 10.2 Å². The highest BCUT2D eigenvalue weighted by molar-refractivity contribution is 6.22. The van der Waals surface area contributed by atoms with Gasteiger partial charge in [-0.3, -0.25) is 0 Å². The third kappa shape index (κ3) is 2.45. The van der Waals surface area contributed by atoms with Crippen LogP contribution in [0.4, 0.5) is 17.1 Å². The van der Waals surface area contributed by atoms with Crippen LogP contribution in [0.3, 0.4) is 0 Å². The van der Waals surface area contributed by atoms with E-state index in [1.807, 2.05) is 12.1 Å². The van der Waals surface area contributed by atoms with E-state index in [0.29, 0.717) is 5.76 Å². The Balaban J connectivity index is 1.69. The van der Waals surface area contributed by atoms with Gasteiger partial charge in [-0.15, -0.1) is 0 Å². The van der Waals surface area contributed by atoms with Gasteiger partial charge in [-0.2, -0.15) is 0 Å². The van der Waals surface area contributed by atoms with Crippen LogP contribution in [-0.2, 0) is 0 Å². The predicted octanol–water partition coefficient (Wildman–Crippen LogP) is 7.04. The minimum atomic E-state index is -0.159. The molecule has 3 heteroatoms. The van der Waals surface area contributed by atoms with E-state index < -0.39 is 0 Å². The second kappa shape index (κ2) is 6.67. The molecule has 4 aromatic rings. The molecule has 0 radical (unpaired) electrons. The molecule has 1 aliphatic heterocycles. The zero-order valence-electron chi connectivity index (χ0n) is 16.5. The van der Waals surface area contributed by atoms with E-state index >= 15 is 0 Å². The first-order valence-electron chi connectivity index (χ1n) is 10.5. The minimum Gasteiger partial charge on any atom is -0.508 e. The van der Waals surface area contributed by atoms with Gasteiger partial charge in [-0.25, -0.2) is 0 Å². The van der Waals surface area contributed by atoms with Crippen molar-refractivity contribution in [1.82, 2.24) is 0 Å². The van der Waals surface area contributed by atoms with Crippen LogP contribution in [-0.4, -0.2) is 11.3 Å². The van der Waals surface area contributed by atoms with Crippen LogP contribution in [0.2, 0.25) is 0 Å². The average molecular weight is 390 g/mol. The Morgan fingerprint density at radius 3 is 2.03 bits per heavy atom. The molecule has 1 atom stereocenters. The first-order chi connectivity index (χ1) is 14.8. The van der Waals surface area contributed by atoms with Gasteiger partial charge in [0, 0.05) is 22.0 Å². The predicted molar refractivity (Wildman–Crippen MR) is 125 cm³/mol. The van der Waals surface area contributed by atoms with Crippen molar-refractivity contribution in [2.24, 2.45) is 0 Å². The number of hydrogen-bond donors (Lipinski definition) is 2. The van der Waals surface area contributed by atoms with E-state index in [1.165, 1.54) is 27.2 Å². The molecule has 1 unspecified atom stereocenters. The maximum absolute atomic E-state index is 10.7. The van der Waals surface area contributed by atoms with Gasteiger partial charge < -0.3 is 15.3 Å². The molecule has 146 valence electrons. The normalized spacial score (nSPS) is 18.1. The molecular weight excluding hydrogens is 368 g/mol. The van der Waals surface area contributed by atoms with E-state index in [2.05, 4.69) is 89.1 Å². The maximum atomic E-state index is 10.7. The summed E-state index contributed by atoms with van der Waals surface area (Å²) in [6.45, 7) is 0. The second-order valence-electron chi connectivity index (χ2n) is 7.89. The average Bonchev–Trinajstić information content (AvgIpc) is 3.21. The Hall–Kier alpha value is -3.72. The summed E-state index contributed by atoms with van der Waals surface area (Å²) in [6.07, 6.45) is 5.76. The highest BCUT2D eigenvalue weighted by Crippen LogP contribution is 2.51. The quantitative estimate of drug-likeness (QED) is 0.360. The van der Waals surface area contributed by atoms with Gasteiger partial charge in [0.1, 0.15) is 11.9 Å². The van der Waals surface area contributed by atoms with Gasteiger partial charge >= 0.3 is 0 Å². The number of para-hydroxylation sites is 1. The number of nitrogens with one attached hydrogen (secondary N) is 1. The van der Waals surface area contributed by atoms with Gasteiger partial charge in [-0.05, 0) is 41.8 Å². The number of rotatable bonds is 2. The first kappa shape index (κ1) is 17.2. The van der Waals surface area contributed by atoms with Crippen molar-refractivity contribution < 1.29 is 5.11 Å². The van der Waals surface area contributed by atoms with Gasteiger partial charge in [0.25, 0.3) is 0 Å². The van der Waals surface area contributed by atoms with Gasteiger partial charge in [0.2, 0.25) is 0 Å². The van der Waals surface area contributed by atoms with Crippen molar-refractivity contribution in [3.8, 4) is 0 Å². The molecule has 6 rings (SSSR count). The molecule has 0 bridgehead atoms. The number of nitrogens with zero attached hydrogens (tertiary/aromatic N) is 1. The zero-order chi connectivity index (χ0) is 20.1. The third-order valence-corrected chi connectivity index (χ3v) is 6.18. The Morgan fingerprint density at radius 1 is 0.700 bits per heavy atom. The van der Waals surface area contributed by atoms with E-state index in [0.717, 1.165) is 29.8 Å².